The molecule has 150 valence electrons. The van der Waals surface area contributed by atoms with Gasteiger partial charge in [-0.2, -0.15) is 0 Å². The van der Waals surface area contributed by atoms with Crippen LogP contribution in [0.25, 0.3) is 0 Å². The van der Waals surface area contributed by atoms with Crippen molar-refractivity contribution in [1.29, 1.82) is 0 Å². The summed E-state index contributed by atoms with van der Waals surface area (Å²) in [5, 5.41) is 5.62. The Bertz CT molecular complexity index is 807. The molecule has 0 spiro atoms. The molecule has 0 aromatic heterocycles. The summed E-state index contributed by atoms with van der Waals surface area (Å²) in [6.45, 7) is 3.67. The van der Waals surface area contributed by atoms with Gasteiger partial charge in [0.15, 0.2) is 11.5 Å². The van der Waals surface area contributed by atoms with Gasteiger partial charge in [0.1, 0.15) is 0 Å². The molecular weight excluding hydrogens is 360 g/mol. The number of amides is 2. The number of carbonyl (C=O) groups excluding carboxylic acids is 2. The van der Waals surface area contributed by atoms with E-state index in [1.165, 1.54) is 14.2 Å². The molecule has 0 bridgehead atoms. The van der Waals surface area contributed by atoms with Gasteiger partial charge in [-0.25, -0.2) is 0 Å². The molecule has 2 aromatic rings. The van der Waals surface area contributed by atoms with Crippen molar-refractivity contribution >= 4 is 17.5 Å². The monoisotopic (exact) mass is 386 g/mol. The lowest BCUT2D eigenvalue weighted by atomic mass is 10.1. The van der Waals surface area contributed by atoms with Crippen LogP contribution in [-0.4, -0.2) is 45.8 Å². The van der Waals surface area contributed by atoms with E-state index in [2.05, 4.69) is 10.6 Å². The summed E-state index contributed by atoms with van der Waals surface area (Å²) in [6, 6.07) is 11.7. The predicted octanol–water partition coefficient (Wildman–Crippen LogP) is 3.11. The molecule has 0 aliphatic rings. The fourth-order valence-corrected chi connectivity index (χ4v) is 2.58. The van der Waals surface area contributed by atoms with Crippen molar-refractivity contribution in [2.45, 2.75) is 13.3 Å². The van der Waals surface area contributed by atoms with Crippen molar-refractivity contribution in [1.82, 2.24) is 5.32 Å². The van der Waals surface area contributed by atoms with Crippen molar-refractivity contribution < 1.29 is 23.8 Å². The predicted molar refractivity (Wildman–Crippen MR) is 107 cm³/mol. The molecule has 0 atom stereocenters. The van der Waals surface area contributed by atoms with Crippen LogP contribution in [-0.2, 0) is 4.74 Å². The lowest BCUT2D eigenvalue weighted by Crippen LogP contribution is -2.26. The maximum Gasteiger partial charge on any atom is 0.255 e. The van der Waals surface area contributed by atoms with Crippen LogP contribution < -0.4 is 20.1 Å². The smallest absolute Gasteiger partial charge is 0.255 e. The van der Waals surface area contributed by atoms with Crippen LogP contribution in [0, 0.1) is 0 Å². The van der Waals surface area contributed by atoms with E-state index in [0.29, 0.717) is 48.1 Å². The molecule has 2 rings (SSSR count). The minimum Gasteiger partial charge on any atom is -0.493 e. The third-order valence-corrected chi connectivity index (χ3v) is 4.02. The van der Waals surface area contributed by atoms with Gasteiger partial charge in [0.05, 0.1) is 25.5 Å². The highest BCUT2D eigenvalue weighted by Crippen LogP contribution is 2.28. The van der Waals surface area contributed by atoms with Gasteiger partial charge < -0.3 is 24.8 Å². The van der Waals surface area contributed by atoms with E-state index in [0.717, 1.165) is 6.42 Å². The highest BCUT2D eigenvalue weighted by atomic mass is 16.5. The van der Waals surface area contributed by atoms with Crippen LogP contribution in [0.15, 0.2) is 42.5 Å². The summed E-state index contributed by atoms with van der Waals surface area (Å²) in [4.78, 5) is 25.1. The molecule has 0 aliphatic carbocycles. The number of methoxy groups -OCH3 is 2. The number of anilines is 1. The van der Waals surface area contributed by atoms with Crippen LogP contribution in [0.5, 0.6) is 11.5 Å². The van der Waals surface area contributed by atoms with Gasteiger partial charge in [-0.3, -0.25) is 9.59 Å². The standard InChI is InChI=1S/C21H26N2O5/c1-4-28-13-7-12-22-21(25)16-8-5-6-9-17(16)23-20(24)15-10-11-18(26-2)19(14-15)27-3/h5-6,8-11,14H,4,7,12-13H2,1-3H3,(H,22,25)(H,23,24). The number of carbonyl (C=O) groups is 2. The Labute approximate surface area is 165 Å². The van der Waals surface area contributed by atoms with E-state index < -0.39 is 0 Å². The molecule has 0 aliphatic heterocycles. The summed E-state index contributed by atoms with van der Waals surface area (Å²) >= 11 is 0. The SMILES string of the molecule is CCOCCCNC(=O)c1ccccc1NC(=O)c1ccc(OC)c(OC)c1. The molecule has 0 heterocycles. The lowest BCUT2D eigenvalue weighted by molar-refractivity contribution is 0.0945. The Hall–Kier alpha value is -3.06. The van der Waals surface area contributed by atoms with Gasteiger partial charge in [-0.05, 0) is 43.7 Å². The van der Waals surface area contributed by atoms with E-state index in [1.807, 2.05) is 6.92 Å². The zero-order chi connectivity index (χ0) is 20.4. The molecule has 7 nitrogen and oxygen atoms in total. The van der Waals surface area contributed by atoms with E-state index in [9.17, 15) is 9.59 Å². The molecule has 2 amide bonds. The third-order valence-electron chi connectivity index (χ3n) is 4.02. The summed E-state index contributed by atoms with van der Waals surface area (Å²) in [6.07, 6.45) is 0.722. The van der Waals surface area contributed by atoms with E-state index in [1.54, 1.807) is 42.5 Å². The minimum atomic E-state index is -0.349. The Kier molecular flexibility index (Phi) is 8.30. The first-order chi connectivity index (χ1) is 13.6. The largest absolute Gasteiger partial charge is 0.493 e. The molecule has 2 aromatic carbocycles. The third kappa shape index (κ3) is 5.72. The number of ether oxygens (including phenoxy) is 3. The Morgan fingerprint density at radius 3 is 2.43 bits per heavy atom. The van der Waals surface area contributed by atoms with Crippen molar-refractivity contribution in [3.05, 3.63) is 53.6 Å². The van der Waals surface area contributed by atoms with E-state index in [-0.39, 0.29) is 11.8 Å². The molecule has 0 unspecified atom stereocenters. The van der Waals surface area contributed by atoms with Crippen LogP contribution in [0.1, 0.15) is 34.1 Å². The molecule has 0 saturated heterocycles. The zero-order valence-electron chi connectivity index (χ0n) is 16.4. The second-order valence-electron chi connectivity index (χ2n) is 5.88. The van der Waals surface area contributed by atoms with E-state index >= 15 is 0 Å². The first-order valence-corrected chi connectivity index (χ1v) is 9.09. The van der Waals surface area contributed by atoms with Crippen LogP contribution in [0.4, 0.5) is 5.69 Å². The van der Waals surface area contributed by atoms with Crippen molar-refractivity contribution in [3.63, 3.8) is 0 Å². The second kappa shape index (κ2) is 10.9. The molecule has 2 N–H and O–H groups in total. The Morgan fingerprint density at radius 2 is 1.71 bits per heavy atom. The van der Waals surface area contributed by atoms with E-state index in [4.69, 9.17) is 14.2 Å². The molecule has 0 radical (unpaired) electrons. The highest BCUT2D eigenvalue weighted by molar-refractivity contribution is 6.09. The van der Waals surface area contributed by atoms with Crippen molar-refractivity contribution in [2.24, 2.45) is 0 Å². The average molecular weight is 386 g/mol. The minimum absolute atomic E-state index is 0.250. The molecular formula is C21H26N2O5. The molecule has 0 fully saturated rings. The Morgan fingerprint density at radius 1 is 0.964 bits per heavy atom. The number of nitrogens with one attached hydrogen (secondary N) is 2. The zero-order valence-corrected chi connectivity index (χ0v) is 16.4. The van der Waals surface area contributed by atoms with Gasteiger partial charge in [0.25, 0.3) is 11.8 Å². The van der Waals surface area contributed by atoms with Gasteiger partial charge in [-0.15, -0.1) is 0 Å². The van der Waals surface area contributed by atoms with Gasteiger partial charge >= 0.3 is 0 Å². The number of para-hydroxylation sites is 1. The molecule has 7 heteroatoms. The number of benzene rings is 2. The first kappa shape index (κ1) is 21.2. The Balaban J connectivity index is 2.08. The van der Waals surface area contributed by atoms with Crippen LogP contribution in [0.3, 0.4) is 0 Å². The topological polar surface area (TPSA) is 85.9 Å². The second-order valence-corrected chi connectivity index (χ2v) is 5.88. The summed E-state index contributed by atoms with van der Waals surface area (Å²) in [5.41, 5.74) is 1.22. The van der Waals surface area contributed by atoms with Crippen LogP contribution >= 0.6 is 0 Å². The summed E-state index contributed by atoms with van der Waals surface area (Å²) in [5.74, 6) is 0.388. The maximum absolute atomic E-state index is 12.6. The fourth-order valence-electron chi connectivity index (χ4n) is 2.58. The lowest BCUT2D eigenvalue weighted by Gasteiger charge is -2.13. The molecule has 28 heavy (non-hydrogen) atoms. The first-order valence-electron chi connectivity index (χ1n) is 9.09. The average Bonchev–Trinajstić information content (AvgIpc) is 2.73. The number of hydrogen-bond acceptors (Lipinski definition) is 5. The number of rotatable bonds is 10. The highest BCUT2D eigenvalue weighted by Gasteiger charge is 2.15. The van der Waals surface area contributed by atoms with Crippen LogP contribution in [0.2, 0.25) is 0 Å². The number of hydrogen-bond donors (Lipinski definition) is 2. The van der Waals surface area contributed by atoms with Gasteiger partial charge in [0, 0.05) is 25.3 Å². The van der Waals surface area contributed by atoms with Gasteiger partial charge in [0.2, 0.25) is 0 Å². The molecule has 0 saturated carbocycles. The normalized spacial score (nSPS) is 10.2. The van der Waals surface area contributed by atoms with Gasteiger partial charge in [-0.1, -0.05) is 12.1 Å². The maximum atomic E-state index is 12.6. The summed E-state index contributed by atoms with van der Waals surface area (Å²) < 4.78 is 15.7. The quantitative estimate of drug-likeness (QED) is 0.613. The fraction of sp³-hybridized carbons (Fsp3) is 0.333. The summed E-state index contributed by atoms with van der Waals surface area (Å²) in [7, 11) is 3.03. The van der Waals surface area contributed by atoms with Crippen molar-refractivity contribution in [2.75, 3.05) is 39.3 Å². The van der Waals surface area contributed by atoms with Crippen molar-refractivity contribution in [3.8, 4) is 11.5 Å².